The lowest BCUT2D eigenvalue weighted by Gasteiger charge is -2.16. The van der Waals surface area contributed by atoms with Gasteiger partial charge in [-0.05, 0) is 43.0 Å². The fourth-order valence-electron chi connectivity index (χ4n) is 2.00. The predicted molar refractivity (Wildman–Crippen MR) is 85.0 cm³/mol. The molecule has 2 aromatic rings. The number of benzene rings is 2. The van der Waals surface area contributed by atoms with Gasteiger partial charge in [-0.3, -0.25) is 10.1 Å². The van der Waals surface area contributed by atoms with Gasteiger partial charge in [0.2, 0.25) is 0 Å². The summed E-state index contributed by atoms with van der Waals surface area (Å²) in [7, 11) is 0. The number of nitro benzene ring substituents is 1. The van der Waals surface area contributed by atoms with Crippen molar-refractivity contribution in [3.8, 4) is 5.75 Å². The number of nitrogens with one attached hydrogen (secondary N) is 1. The van der Waals surface area contributed by atoms with Gasteiger partial charge in [-0.15, -0.1) is 11.8 Å². The molecule has 2 rings (SSSR count). The quantitative estimate of drug-likeness (QED) is 0.375. The van der Waals surface area contributed by atoms with Crippen LogP contribution in [0.15, 0.2) is 47.4 Å². The molecule has 0 aliphatic carbocycles. The maximum Gasteiger partial charge on any atom is 0.296 e. The van der Waals surface area contributed by atoms with Crippen LogP contribution in [0.2, 0.25) is 0 Å². The molecule has 1 unspecified atom stereocenters. The number of phenolic OH excluding ortho intramolecular Hbond substituents is 1. The van der Waals surface area contributed by atoms with Crippen LogP contribution >= 0.6 is 11.8 Å². The van der Waals surface area contributed by atoms with Crippen molar-refractivity contribution in [2.75, 3.05) is 11.6 Å². The van der Waals surface area contributed by atoms with E-state index in [1.54, 1.807) is 11.8 Å². The molecule has 0 aliphatic rings. The Bertz CT molecular complexity index is 644. The average Bonchev–Trinajstić information content (AvgIpc) is 2.49. The molecule has 0 aromatic heterocycles. The number of phenols is 1. The van der Waals surface area contributed by atoms with E-state index >= 15 is 0 Å². The van der Waals surface area contributed by atoms with E-state index in [4.69, 9.17) is 0 Å². The number of nitrogens with zero attached hydrogens (tertiary/aromatic N) is 1. The van der Waals surface area contributed by atoms with Gasteiger partial charge in [0.25, 0.3) is 5.69 Å². The van der Waals surface area contributed by atoms with E-state index in [2.05, 4.69) is 5.32 Å². The lowest BCUT2D eigenvalue weighted by atomic mass is 10.1. The first-order valence-corrected chi connectivity index (χ1v) is 7.61. The third-order valence-corrected chi connectivity index (χ3v) is 3.91. The normalized spacial score (nSPS) is 11.9. The summed E-state index contributed by atoms with van der Waals surface area (Å²) in [6.07, 6.45) is 2.01. The molecule has 6 heteroatoms. The summed E-state index contributed by atoms with van der Waals surface area (Å²) in [5, 5.41) is 23.5. The maximum absolute atomic E-state index is 11.0. The van der Waals surface area contributed by atoms with Gasteiger partial charge in [-0.2, -0.15) is 0 Å². The van der Waals surface area contributed by atoms with E-state index in [0.717, 1.165) is 11.6 Å². The minimum Gasteiger partial charge on any atom is -0.508 e. The van der Waals surface area contributed by atoms with Crippen molar-refractivity contribution in [2.24, 2.45) is 0 Å². The molecule has 2 N–H and O–H groups in total. The molecule has 110 valence electrons. The van der Waals surface area contributed by atoms with Gasteiger partial charge in [0.05, 0.1) is 11.0 Å². The van der Waals surface area contributed by atoms with E-state index in [0.29, 0.717) is 5.69 Å². The van der Waals surface area contributed by atoms with Crippen LogP contribution in [0, 0.1) is 10.1 Å². The van der Waals surface area contributed by atoms with E-state index < -0.39 is 4.92 Å². The number of hydrogen-bond donors (Lipinski definition) is 2. The molecule has 0 fully saturated rings. The first-order chi connectivity index (χ1) is 10.0. The van der Waals surface area contributed by atoms with Crippen LogP contribution in [0.4, 0.5) is 11.4 Å². The number of rotatable bonds is 5. The molecule has 2 aromatic carbocycles. The first kappa shape index (κ1) is 15.2. The molecule has 0 aliphatic heterocycles. The van der Waals surface area contributed by atoms with Crippen LogP contribution < -0.4 is 5.32 Å². The fourth-order valence-corrected chi connectivity index (χ4v) is 2.41. The van der Waals surface area contributed by atoms with Crippen molar-refractivity contribution >= 4 is 23.1 Å². The maximum atomic E-state index is 11.0. The van der Waals surface area contributed by atoms with Crippen molar-refractivity contribution in [1.82, 2.24) is 0 Å². The average molecular weight is 304 g/mol. The Hall–Kier alpha value is -2.21. The van der Waals surface area contributed by atoms with Crippen LogP contribution in [0.1, 0.15) is 18.5 Å². The highest BCUT2D eigenvalue weighted by Crippen LogP contribution is 2.31. The lowest BCUT2D eigenvalue weighted by molar-refractivity contribution is -0.384. The SMILES string of the molecule is CSc1ccc(C(C)Nc2ccc(O)cc2[N+](=O)[O-])cc1. The van der Waals surface area contributed by atoms with Crippen molar-refractivity contribution < 1.29 is 10.0 Å². The summed E-state index contributed by atoms with van der Waals surface area (Å²) in [6, 6.07) is 12.0. The van der Waals surface area contributed by atoms with E-state index in [-0.39, 0.29) is 17.5 Å². The number of aromatic hydroxyl groups is 1. The summed E-state index contributed by atoms with van der Waals surface area (Å²) in [5.41, 5.74) is 1.29. The number of anilines is 1. The molecular weight excluding hydrogens is 288 g/mol. The van der Waals surface area contributed by atoms with Gasteiger partial charge < -0.3 is 10.4 Å². The number of nitro groups is 1. The Labute approximate surface area is 127 Å². The summed E-state index contributed by atoms with van der Waals surface area (Å²) in [4.78, 5) is 11.7. The minimum absolute atomic E-state index is 0.0795. The Balaban J connectivity index is 2.22. The number of hydrogen-bond acceptors (Lipinski definition) is 5. The van der Waals surface area contributed by atoms with Crippen molar-refractivity contribution in [1.29, 1.82) is 0 Å². The van der Waals surface area contributed by atoms with Gasteiger partial charge in [0.1, 0.15) is 11.4 Å². The zero-order chi connectivity index (χ0) is 15.4. The van der Waals surface area contributed by atoms with Gasteiger partial charge in [-0.25, -0.2) is 0 Å². The fraction of sp³-hybridized carbons (Fsp3) is 0.200. The second-order valence-corrected chi connectivity index (χ2v) is 5.48. The standard InChI is InChI=1S/C15H16N2O3S/c1-10(11-3-6-13(21-2)7-4-11)16-14-8-5-12(18)9-15(14)17(19)20/h3-10,16,18H,1-2H3. The molecule has 21 heavy (non-hydrogen) atoms. The largest absolute Gasteiger partial charge is 0.508 e. The molecule has 0 saturated heterocycles. The molecule has 5 nitrogen and oxygen atoms in total. The van der Waals surface area contributed by atoms with Crippen LogP contribution in [0.5, 0.6) is 5.75 Å². The van der Waals surface area contributed by atoms with E-state index in [9.17, 15) is 15.2 Å². The van der Waals surface area contributed by atoms with E-state index in [1.165, 1.54) is 17.0 Å². The third kappa shape index (κ3) is 3.66. The van der Waals surface area contributed by atoms with Crippen molar-refractivity contribution in [2.45, 2.75) is 17.9 Å². The Morgan fingerprint density at radius 2 is 1.90 bits per heavy atom. The summed E-state index contributed by atoms with van der Waals surface area (Å²) < 4.78 is 0. The highest BCUT2D eigenvalue weighted by molar-refractivity contribution is 7.98. The molecule has 0 heterocycles. The predicted octanol–water partition coefficient (Wildman–Crippen LogP) is 4.20. The van der Waals surface area contributed by atoms with Crippen molar-refractivity contribution in [3.63, 3.8) is 0 Å². The Morgan fingerprint density at radius 3 is 2.48 bits per heavy atom. The van der Waals surface area contributed by atoms with Gasteiger partial charge in [0.15, 0.2) is 0 Å². The van der Waals surface area contributed by atoms with Crippen LogP contribution in [-0.4, -0.2) is 16.3 Å². The molecule has 0 bridgehead atoms. The van der Waals surface area contributed by atoms with Crippen LogP contribution in [0.25, 0.3) is 0 Å². The zero-order valence-corrected chi connectivity index (χ0v) is 12.6. The summed E-state index contributed by atoms with van der Waals surface area (Å²) in [6.45, 7) is 1.94. The van der Waals surface area contributed by atoms with E-state index in [1.807, 2.05) is 37.4 Å². The smallest absolute Gasteiger partial charge is 0.296 e. The third-order valence-electron chi connectivity index (χ3n) is 3.17. The number of thioether (sulfide) groups is 1. The highest BCUT2D eigenvalue weighted by Gasteiger charge is 2.16. The summed E-state index contributed by atoms with van der Waals surface area (Å²) >= 11 is 1.66. The minimum atomic E-state index is -0.508. The van der Waals surface area contributed by atoms with Gasteiger partial charge >= 0.3 is 0 Å². The molecule has 0 amide bonds. The van der Waals surface area contributed by atoms with Gasteiger partial charge in [-0.1, -0.05) is 12.1 Å². The molecule has 0 spiro atoms. The lowest BCUT2D eigenvalue weighted by Crippen LogP contribution is -2.08. The molecule has 1 atom stereocenters. The Morgan fingerprint density at radius 1 is 1.24 bits per heavy atom. The second kappa shape index (κ2) is 6.49. The highest BCUT2D eigenvalue weighted by atomic mass is 32.2. The van der Waals surface area contributed by atoms with Gasteiger partial charge in [0, 0.05) is 10.9 Å². The summed E-state index contributed by atoms with van der Waals surface area (Å²) in [5.74, 6) is -0.121. The first-order valence-electron chi connectivity index (χ1n) is 6.39. The molecular formula is C15H16N2O3S. The molecule has 0 radical (unpaired) electrons. The topological polar surface area (TPSA) is 75.4 Å². The van der Waals surface area contributed by atoms with Crippen molar-refractivity contribution in [3.05, 3.63) is 58.1 Å². The second-order valence-electron chi connectivity index (χ2n) is 4.60. The van der Waals surface area contributed by atoms with Crippen LogP contribution in [0.3, 0.4) is 0 Å². The Kier molecular flexibility index (Phi) is 4.70. The zero-order valence-electron chi connectivity index (χ0n) is 11.7. The molecule has 0 saturated carbocycles. The monoisotopic (exact) mass is 304 g/mol. The van der Waals surface area contributed by atoms with Crippen LogP contribution in [-0.2, 0) is 0 Å².